The van der Waals surface area contributed by atoms with Gasteiger partial charge in [-0.2, -0.15) is 0 Å². The minimum absolute atomic E-state index is 0.0318. The van der Waals surface area contributed by atoms with Crippen LogP contribution in [-0.2, 0) is 9.59 Å². The van der Waals surface area contributed by atoms with E-state index in [-0.39, 0.29) is 23.8 Å². The van der Waals surface area contributed by atoms with E-state index in [1.165, 1.54) is 6.42 Å². The van der Waals surface area contributed by atoms with Crippen molar-refractivity contribution in [3.63, 3.8) is 0 Å². The van der Waals surface area contributed by atoms with Crippen molar-refractivity contribution in [3.8, 4) is 0 Å². The SMILES string of the molecule is CNCCC1CCN(C(=O)C2CCCCN2C(=O)C(C)C)CC1. The van der Waals surface area contributed by atoms with Gasteiger partial charge >= 0.3 is 0 Å². The third-order valence-electron chi connectivity index (χ3n) is 5.29. The summed E-state index contributed by atoms with van der Waals surface area (Å²) < 4.78 is 0. The standard InChI is InChI=1S/C18H33N3O2/c1-14(2)17(22)21-11-5-4-6-16(21)18(23)20-12-8-15(9-13-20)7-10-19-3/h14-16,19H,4-13H2,1-3H3. The van der Waals surface area contributed by atoms with Gasteiger partial charge in [0.15, 0.2) is 0 Å². The summed E-state index contributed by atoms with van der Waals surface area (Å²) in [5, 5.41) is 3.20. The summed E-state index contributed by atoms with van der Waals surface area (Å²) in [4.78, 5) is 29.2. The van der Waals surface area contributed by atoms with Crippen molar-refractivity contribution in [1.82, 2.24) is 15.1 Å². The lowest BCUT2D eigenvalue weighted by molar-refractivity contribution is -0.150. The lowest BCUT2D eigenvalue weighted by atomic mass is 9.92. The van der Waals surface area contributed by atoms with Gasteiger partial charge in [-0.25, -0.2) is 0 Å². The van der Waals surface area contributed by atoms with Gasteiger partial charge < -0.3 is 15.1 Å². The van der Waals surface area contributed by atoms with Gasteiger partial charge in [-0.15, -0.1) is 0 Å². The number of hydrogen-bond acceptors (Lipinski definition) is 3. The van der Waals surface area contributed by atoms with Crippen molar-refractivity contribution in [3.05, 3.63) is 0 Å². The fourth-order valence-electron chi connectivity index (χ4n) is 3.78. The first-order chi connectivity index (χ1) is 11.0. The van der Waals surface area contributed by atoms with E-state index in [1.54, 1.807) is 0 Å². The van der Waals surface area contributed by atoms with Crippen LogP contribution in [-0.4, -0.2) is 60.9 Å². The van der Waals surface area contributed by atoms with Gasteiger partial charge in [-0.1, -0.05) is 13.8 Å². The molecule has 0 aliphatic carbocycles. The zero-order chi connectivity index (χ0) is 16.8. The summed E-state index contributed by atoms with van der Waals surface area (Å²) in [6, 6.07) is -0.215. The molecular weight excluding hydrogens is 290 g/mol. The summed E-state index contributed by atoms with van der Waals surface area (Å²) in [5.74, 6) is 1.01. The lowest BCUT2D eigenvalue weighted by Gasteiger charge is -2.40. The Morgan fingerprint density at radius 2 is 1.78 bits per heavy atom. The Kier molecular flexibility index (Phi) is 6.88. The second-order valence-electron chi connectivity index (χ2n) is 7.36. The maximum Gasteiger partial charge on any atom is 0.245 e. The molecule has 0 radical (unpaired) electrons. The van der Waals surface area contributed by atoms with Crippen LogP contribution in [0.1, 0.15) is 52.4 Å². The highest BCUT2D eigenvalue weighted by molar-refractivity contribution is 5.88. The van der Waals surface area contributed by atoms with Gasteiger partial charge in [-0.05, 0) is 58.0 Å². The highest BCUT2D eigenvalue weighted by Crippen LogP contribution is 2.25. The van der Waals surface area contributed by atoms with Crippen molar-refractivity contribution in [1.29, 1.82) is 0 Å². The van der Waals surface area contributed by atoms with Crippen LogP contribution in [0.25, 0.3) is 0 Å². The molecule has 132 valence electrons. The summed E-state index contributed by atoms with van der Waals surface area (Å²) in [6.45, 7) is 7.35. The molecule has 0 aromatic heterocycles. The molecule has 23 heavy (non-hydrogen) atoms. The van der Waals surface area contributed by atoms with E-state index in [1.807, 2.05) is 30.7 Å². The van der Waals surface area contributed by atoms with E-state index in [0.717, 1.165) is 64.2 Å². The minimum atomic E-state index is -0.215. The largest absolute Gasteiger partial charge is 0.341 e. The Morgan fingerprint density at radius 3 is 2.39 bits per heavy atom. The van der Waals surface area contributed by atoms with Crippen LogP contribution in [0.15, 0.2) is 0 Å². The van der Waals surface area contributed by atoms with E-state index < -0.39 is 0 Å². The highest BCUT2D eigenvalue weighted by Gasteiger charge is 2.36. The molecule has 5 heteroatoms. The predicted molar refractivity (Wildman–Crippen MR) is 92.0 cm³/mol. The highest BCUT2D eigenvalue weighted by atomic mass is 16.2. The van der Waals surface area contributed by atoms with Gasteiger partial charge in [-0.3, -0.25) is 9.59 Å². The molecule has 2 aliphatic rings. The first kappa shape index (κ1) is 18.2. The average Bonchev–Trinajstić information content (AvgIpc) is 2.59. The molecule has 0 spiro atoms. The Bertz CT molecular complexity index is 403. The zero-order valence-electron chi connectivity index (χ0n) is 15.0. The van der Waals surface area contributed by atoms with Crippen molar-refractivity contribution in [2.75, 3.05) is 33.2 Å². The number of amides is 2. The summed E-state index contributed by atoms with van der Waals surface area (Å²) in [5.41, 5.74) is 0. The fraction of sp³-hybridized carbons (Fsp3) is 0.889. The molecular formula is C18H33N3O2. The number of carbonyl (C=O) groups excluding carboxylic acids is 2. The van der Waals surface area contributed by atoms with E-state index >= 15 is 0 Å². The first-order valence-electron chi connectivity index (χ1n) is 9.28. The minimum Gasteiger partial charge on any atom is -0.341 e. The van der Waals surface area contributed by atoms with Crippen LogP contribution >= 0.6 is 0 Å². The van der Waals surface area contributed by atoms with Gasteiger partial charge in [0, 0.05) is 25.6 Å². The summed E-state index contributed by atoms with van der Waals surface area (Å²) in [7, 11) is 1.99. The number of nitrogens with zero attached hydrogens (tertiary/aromatic N) is 2. The topological polar surface area (TPSA) is 52.7 Å². The average molecular weight is 323 g/mol. The number of rotatable bonds is 5. The zero-order valence-corrected chi connectivity index (χ0v) is 15.0. The van der Waals surface area contributed by atoms with Crippen molar-refractivity contribution >= 4 is 11.8 Å². The van der Waals surface area contributed by atoms with Crippen molar-refractivity contribution < 1.29 is 9.59 Å². The Labute approximate surface area is 140 Å². The monoisotopic (exact) mass is 323 g/mol. The normalized spacial score (nSPS) is 23.4. The molecule has 0 saturated carbocycles. The molecule has 2 aliphatic heterocycles. The predicted octanol–water partition coefficient (Wildman–Crippen LogP) is 1.87. The van der Waals surface area contributed by atoms with Gasteiger partial charge in [0.25, 0.3) is 0 Å². The molecule has 0 bridgehead atoms. The summed E-state index contributed by atoms with van der Waals surface area (Å²) in [6.07, 6.45) is 6.29. The number of likely N-dealkylation sites (tertiary alicyclic amines) is 2. The second-order valence-corrected chi connectivity index (χ2v) is 7.36. The first-order valence-corrected chi connectivity index (χ1v) is 9.28. The third kappa shape index (κ3) is 4.69. The van der Waals surface area contributed by atoms with E-state index in [2.05, 4.69) is 5.32 Å². The van der Waals surface area contributed by atoms with Crippen LogP contribution in [0.4, 0.5) is 0 Å². The van der Waals surface area contributed by atoms with E-state index in [0.29, 0.717) is 0 Å². The molecule has 5 nitrogen and oxygen atoms in total. The van der Waals surface area contributed by atoms with Crippen LogP contribution in [0.3, 0.4) is 0 Å². The molecule has 1 atom stereocenters. The number of hydrogen-bond donors (Lipinski definition) is 1. The molecule has 1 N–H and O–H groups in total. The second kappa shape index (κ2) is 8.67. The van der Waals surface area contributed by atoms with Crippen LogP contribution in [0, 0.1) is 11.8 Å². The third-order valence-corrected chi connectivity index (χ3v) is 5.29. The molecule has 2 fully saturated rings. The molecule has 2 amide bonds. The Morgan fingerprint density at radius 1 is 1.09 bits per heavy atom. The van der Waals surface area contributed by atoms with Crippen LogP contribution < -0.4 is 5.32 Å². The number of carbonyl (C=O) groups is 2. The van der Waals surface area contributed by atoms with Gasteiger partial charge in [0.2, 0.25) is 11.8 Å². The fourth-order valence-corrected chi connectivity index (χ4v) is 3.78. The quantitative estimate of drug-likeness (QED) is 0.840. The molecule has 2 heterocycles. The van der Waals surface area contributed by atoms with Crippen molar-refractivity contribution in [2.24, 2.45) is 11.8 Å². The maximum atomic E-state index is 12.9. The van der Waals surface area contributed by atoms with E-state index in [4.69, 9.17) is 0 Å². The van der Waals surface area contributed by atoms with Crippen LogP contribution in [0.2, 0.25) is 0 Å². The van der Waals surface area contributed by atoms with Gasteiger partial charge in [0.1, 0.15) is 6.04 Å². The number of piperidine rings is 2. The Hall–Kier alpha value is -1.10. The van der Waals surface area contributed by atoms with Gasteiger partial charge in [0.05, 0.1) is 0 Å². The molecule has 0 aromatic rings. The molecule has 2 rings (SSSR count). The Balaban J connectivity index is 1.92. The smallest absolute Gasteiger partial charge is 0.245 e. The maximum absolute atomic E-state index is 12.9. The number of nitrogens with one attached hydrogen (secondary N) is 1. The molecule has 2 saturated heterocycles. The van der Waals surface area contributed by atoms with Crippen LogP contribution in [0.5, 0.6) is 0 Å². The molecule has 0 aromatic carbocycles. The lowest BCUT2D eigenvalue weighted by Crippen LogP contribution is -2.55. The van der Waals surface area contributed by atoms with E-state index in [9.17, 15) is 9.59 Å². The molecule has 1 unspecified atom stereocenters. The summed E-state index contributed by atoms with van der Waals surface area (Å²) >= 11 is 0. The van der Waals surface area contributed by atoms with Crippen molar-refractivity contribution in [2.45, 2.75) is 58.4 Å².